The Morgan fingerprint density at radius 3 is 1.83 bits per heavy atom. The summed E-state index contributed by atoms with van der Waals surface area (Å²) in [6.45, 7) is 14.3. The zero-order chi connectivity index (χ0) is 22.4. The average Bonchev–Trinajstić information content (AvgIpc) is 2.56. The van der Waals surface area contributed by atoms with Gasteiger partial charge in [0, 0.05) is 13.1 Å². The van der Waals surface area contributed by atoms with Crippen LogP contribution in [0.3, 0.4) is 0 Å². The molecule has 2 N–H and O–H groups in total. The lowest BCUT2D eigenvalue weighted by atomic mass is 10.2. The van der Waals surface area contributed by atoms with Crippen molar-refractivity contribution in [1.82, 2.24) is 9.80 Å². The third kappa shape index (κ3) is 8.18. The van der Waals surface area contributed by atoms with Crippen LogP contribution in [-0.4, -0.2) is 72.4 Å². The van der Waals surface area contributed by atoms with E-state index in [0.717, 1.165) is 0 Å². The molecule has 0 aliphatic carbocycles. The number of hydrogen-bond acceptors (Lipinski definition) is 8. The SMILES string of the molecule is COC(/N=C(\C)N1CCOCC1)=C(/N)N(C(=O)OC(C)(C)C)C(=O)OC(C)(C)C. The van der Waals surface area contributed by atoms with Crippen LogP contribution in [0.1, 0.15) is 48.5 Å². The maximum Gasteiger partial charge on any atom is 0.425 e. The van der Waals surface area contributed by atoms with Crippen LogP contribution in [0.2, 0.25) is 0 Å². The van der Waals surface area contributed by atoms with Crippen LogP contribution in [0, 0.1) is 0 Å². The summed E-state index contributed by atoms with van der Waals surface area (Å²) in [5.74, 6) is 0.177. The molecule has 0 spiro atoms. The van der Waals surface area contributed by atoms with E-state index >= 15 is 0 Å². The fraction of sp³-hybridized carbons (Fsp3) is 0.737. The molecule has 0 saturated carbocycles. The number of carbonyl (C=O) groups excluding carboxylic acids is 2. The van der Waals surface area contributed by atoms with E-state index in [0.29, 0.717) is 37.0 Å². The monoisotopic (exact) mass is 414 g/mol. The minimum atomic E-state index is -0.988. The van der Waals surface area contributed by atoms with Crippen molar-refractivity contribution in [1.29, 1.82) is 0 Å². The number of methoxy groups -OCH3 is 1. The molecule has 10 heteroatoms. The van der Waals surface area contributed by atoms with Gasteiger partial charge >= 0.3 is 12.2 Å². The van der Waals surface area contributed by atoms with Gasteiger partial charge in [-0.3, -0.25) is 0 Å². The molecule has 1 rings (SSSR count). The largest absolute Gasteiger partial charge is 0.478 e. The lowest BCUT2D eigenvalue weighted by Crippen LogP contribution is -2.45. The van der Waals surface area contributed by atoms with Crippen molar-refractivity contribution in [3.8, 4) is 0 Å². The fourth-order valence-electron chi connectivity index (χ4n) is 2.29. The Bertz CT molecular complexity index is 627. The highest BCUT2D eigenvalue weighted by molar-refractivity contribution is 5.90. The van der Waals surface area contributed by atoms with Gasteiger partial charge in [0.25, 0.3) is 5.88 Å². The van der Waals surface area contributed by atoms with Gasteiger partial charge in [-0.2, -0.15) is 9.89 Å². The van der Waals surface area contributed by atoms with E-state index in [1.165, 1.54) is 7.11 Å². The Balaban J connectivity index is 3.29. The maximum absolute atomic E-state index is 12.7. The van der Waals surface area contributed by atoms with Gasteiger partial charge in [-0.1, -0.05) is 0 Å². The number of aliphatic imine (C=N–C) groups is 1. The maximum atomic E-state index is 12.7. The molecule has 1 aliphatic rings. The first-order valence-electron chi connectivity index (χ1n) is 9.43. The number of amides is 2. The van der Waals surface area contributed by atoms with E-state index in [1.54, 1.807) is 48.5 Å². The Labute approximate surface area is 172 Å². The quantitative estimate of drug-likeness (QED) is 0.426. The molecular weight excluding hydrogens is 380 g/mol. The highest BCUT2D eigenvalue weighted by atomic mass is 16.6. The van der Waals surface area contributed by atoms with Crippen molar-refractivity contribution in [2.45, 2.75) is 59.7 Å². The first-order chi connectivity index (χ1) is 13.2. The number of imide groups is 1. The highest BCUT2D eigenvalue weighted by Gasteiger charge is 2.35. The first-order valence-corrected chi connectivity index (χ1v) is 9.43. The average molecular weight is 415 g/mol. The number of hydrogen-bond donors (Lipinski definition) is 1. The number of amidine groups is 1. The molecule has 0 aromatic heterocycles. The van der Waals surface area contributed by atoms with Gasteiger partial charge in [0.05, 0.1) is 20.3 Å². The Kier molecular flexibility index (Phi) is 8.31. The van der Waals surface area contributed by atoms with Gasteiger partial charge in [0.15, 0.2) is 5.82 Å². The second kappa shape index (κ2) is 9.82. The van der Waals surface area contributed by atoms with Crippen molar-refractivity contribution >= 4 is 18.0 Å². The van der Waals surface area contributed by atoms with Crippen LogP contribution in [0.25, 0.3) is 0 Å². The van der Waals surface area contributed by atoms with E-state index in [4.69, 9.17) is 24.7 Å². The molecule has 10 nitrogen and oxygen atoms in total. The minimum Gasteiger partial charge on any atom is -0.478 e. The molecule has 1 aliphatic heterocycles. The summed E-state index contributed by atoms with van der Waals surface area (Å²) in [6.07, 6.45) is -1.98. The summed E-state index contributed by atoms with van der Waals surface area (Å²) in [5.41, 5.74) is 4.42. The standard InChI is InChI=1S/C19H34N4O6/c1-13(22-9-11-27-12-10-22)21-15(26-8)14(20)23(16(24)28-18(2,3)4)17(25)29-19(5,6)7/h9-12,20H2,1-8H3/b15-14-,21-13+. The number of morpholine rings is 1. The van der Waals surface area contributed by atoms with Crippen molar-refractivity contribution in [3.63, 3.8) is 0 Å². The molecule has 1 saturated heterocycles. The lowest BCUT2D eigenvalue weighted by Gasteiger charge is -2.29. The van der Waals surface area contributed by atoms with Crippen molar-refractivity contribution in [2.24, 2.45) is 10.7 Å². The molecule has 0 aromatic carbocycles. The number of rotatable bonds is 3. The fourth-order valence-corrected chi connectivity index (χ4v) is 2.29. The van der Waals surface area contributed by atoms with Gasteiger partial charge < -0.3 is 29.6 Å². The predicted molar refractivity (Wildman–Crippen MR) is 108 cm³/mol. The Morgan fingerprint density at radius 2 is 1.45 bits per heavy atom. The van der Waals surface area contributed by atoms with Crippen LogP contribution in [0.5, 0.6) is 0 Å². The third-order valence-corrected chi connectivity index (χ3v) is 3.54. The van der Waals surface area contributed by atoms with Gasteiger partial charge in [0.1, 0.15) is 17.0 Å². The zero-order valence-electron chi connectivity index (χ0n) is 18.7. The Morgan fingerprint density at radius 1 is 1.00 bits per heavy atom. The molecule has 2 amide bonds. The smallest absolute Gasteiger partial charge is 0.425 e. The molecule has 0 atom stereocenters. The molecule has 0 aromatic rings. The predicted octanol–water partition coefficient (Wildman–Crippen LogP) is 2.64. The van der Waals surface area contributed by atoms with Gasteiger partial charge in [-0.05, 0) is 48.5 Å². The highest BCUT2D eigenvalue weighted by Crippen LogP contribution is 2.19. The van der Waals surface area contributed by atoms with E-state index < -0.39 is 23.4 Å². The summed E-state index contributed by atoms with van der Waals surface area (Å²) >= 11 is 0. The summed E-state index contributed by atoms with van der Waals surface area (Å²) in [4.78, 5) is 32.3. The summed E-state index contributed by atoms with van der Waals surface area (Å²) < 4.78 is 21.2. The molecular formula is C19H34N4O6. The van der Waals surface area contributed by atoms with Gasteiger partial charge in [0.2, 0.25) is 0 Å². The van der Waals surface area contributed by atoms with Crippen molar-refractivity contribution in [2.75, 3.05) is 33.4 Å². The summed E-state index contributed by atoms with van der Waals surface area (Å²) in [6, 6.07) is 0. The second-order valence-electron chi connectivity index (χ2n) is 8.45. The molecule has 1 heterocycles. The second-order valence-corrected chi connectivity index (χ2v) is 8.45. The van der Waals surface area contributed by atoms with Gasteiger partial charge in [-0.15, -0.1) is 0 Å². The summed E-state index contributed by atoms with van der Waals surface area (Å²) in [7, 11) is 1.35. The van der Waals surface area contributed by atoms with Crippen LogP contribution in [-0.2, 0) is 18.9 Å². The summed E-state index contributed by atoms with van der Waals surface area (Å²) in [5, 5.41) is 0. The van der Waals surface area contributed by atoms with Crippen LogP contribution < -0.4 is 5.73 Å². The molecule has 1 fully saturated rings. The number of ether oxygens (including phenoxy) is 4. The Hall–Kier alpha value is -2.49. The number of nitrogens with two attached hydrogens (primary N) is 1. The zero-order valence-corrected chi connectivity index (χ0v) is 18.7. The van der Waals surface area contributed by atoms with Crippen molar-refractivity contribution in [3.05, 3.63) is 11.7 Å². The molecule has 0 unspecified atom stereocenters. The molecule has 0 bridgehead atoms. The topological polar surface area (TPSA) is 116 Å². The van der Waals surface area contributed by atoms with Gasteiger partial charge in [-0.25, -0.2) is 9.59 Å². The lowest BCUT2D eigenvalue weighted by molar-refractivity contribution is 0.00686. The van der Waals surface area contributed by atoms with E-state index in [-0.39, 0.29) is 11.7 Å². The first kappa shape index (κ1) is 24.5. The third-order valence-electron chi connectivity index (χ3n) is 3.54. The number of carbonyl (C=O) groups is 2. The van der Waals surface area contributed by atoms with E-state index in [1.807, 2.05) is 4.90 Å². The van der Waals surface area contributed by atoms with Crippen LogP contribution in [0.15, 0.2) is 16.7 Å². The minimum absolute atomic E-state index is 0.106. The number of nitrogens with zero attached hydrogens (tertiary/aromatic N) is 3. The van der Waals surface area contributed by atoms with E-state index in [2.05, 4.69) is 4.99 Å². The van der Waals surface area contributed by atoms with Crippen molar-refractivity contribution < 1.29 is 28.5 Å². The van der Waals surface area contributed by atoms with Crippen LogP contribution in [0.4, 0.5) is 9.59 Å². The molecule has 166 valence electrons. The van der Waals surface area contributed by atoms with Crippen LogP contribution >= 0.6 is 0 Å². The molecule has 0 radical (unpaired) electrons. The normalized spacial score (nSPS) is 16.7. The molecule has 29 heavy (non-hydrogen) atoms. The van der Waals surface area contributed by atoms with E-state index in [9.17, 15) is 9.59 Å².